The molecule has 0 saturated heterocycles. The van der Waals surface area contributed by atoms with Gasteiger partial charge in [0.2, 0.25) is 0 Å². The van der Waals surface area contributed by atoms with Crippen molar-refractivity contribution in [2.24, 2.45) is 0 Å². The van der Waals surface area contributed by atoms with E-state index in [1.807, 2.05) is 72.8 Å². The van der Waals surface area contributed by atoms with Crippen molar-refractivity contribution >= 4 is 23.5 Å². The van der Waals surface area contributed by atoms with Crippen LogP contribution in [0.3, 0.4) is 0 Å². The van der Waals surface area contributed by atoms with E-state index < -0.39 is 0 Å². The van der Waals surface area contributed by atoms with Crippen molar-refractivity contribution in [1.29, 1.82) is 0 Å². The van der Waals surface area contributed by atoms with Crippen LogP contribution in [0.1, 0.15) is 28.4 Å². The highest BCUT2D eigenvalue weighted by molar-refractivity contribution is 6.30. The molecule has 4 aromatic rings. The Morgan fingerprint density at radius 1 is 0.838 bits per heavy atom. The molecule has 188 valence electrons. The van der Waals surface area contributed by atoms with Crippen molar-refractivity contribution in [3.05, 3.63) is 119 Å². The van der Waals surface area contributed by atoms with E-state index in [0.29, 0.717) is 35.2 Å². The molecular formula is C31H28ClNO4. The van der Waals surface area contributed by atoms with Crippen LogP contribution in [-0.4, -0.2) is 25.0 Å². The molecule has 1 amide bonds. The molecule has 6 heteroatoms. The van der Waals surface area contributed by atoms with Crippen LogP contribution in [0.15, 0.2) is 97.1 Å². The maximum Gasteiger partial charge on any atom is 0.310 e. The van der Waals surface area contributed by atoms with Crippen LogP contribution in [0.25, 0.3) is 11.1 Å². The predicted molar refractivity (Wildman–Crippen MR) is 146 cm³/mol. The molecule has 5 nitrogen and oxygen atoms in total. The number of halogens is 1. The maximum atomic E-state index is 12.6. The quantitative estimate of drug-likeness (QED) is 0.235. The third-order valence-corrected chi connectivity index (χ3v) is 5.99. The molecule has 1 N–H and O–H groups in total. The summed E-state index contributed by atoms with van der Waals surface area (Å²) < 4.78 is 11.3. The summed E-state index contributed by atoms with van der Waals surface area (Å²) in [6.45, 7) is 2.67. The first kappa shape index (κ1) is 26.0. The van der Waals surface area contributed by atoms with Crippen molar-refractivity contribution in [1.82, 2.24) is 5.32 Å². The lowest BCUT2D eigenvalue weighted by atomic mass is 10.0. The summed E-state index contributed by atoms with van der Waals surface area (Å²) in [4.78, 5) is 24.5. The van der Waals surface area contributed by atoms with Crippen molar-refractivity contribution in [3.8, 4) is 22.6 Å². The zero-order chi connectivity index (χ0) is 26.0. The smallest absolute Gasteiger partial charge is 0.310 e. The molecular weight excluding hydrogens is 486 g/mol. The Morgan fingerprint density at radius 3 is 2.24 bits per heavy atom. The average Bonchev–Trinajstić information content (AvgIpc) is 2.91. The summed E-state index contributed by atoms with van der Waals surface area (Å²) in [5.74, 6) is 0.845. The Morgan fingerprint density at radius 2 is 1.54 bits per heavy atom. The second-order valence-electron chi connectivity index (χ2n) is 8.44. The Hall–Kier alpha value is -4.09. The van der Waals surface area contributed by atoms with E-state index in [1.165, 1.54) is 0 Å². The number of rotatable bonds is 10. The largest absolute Gasteiger partial charge is 0.466 e. The lowest BCUT2D eigenvalue weighted by Crippen LogP contribution is -2.25. The third-order valence-electron chi connectivity index (χ3n) is 5.74. The summed E-state index contributed by atoms with van der Waals surface area (Å²) in [7, 11) is 0. The molecule has 0 spiro atoms. The van der Waals surface area contributed by atoms with E-state index >= 15 is 0 Å². The molecule has 0 aliphatic rings. The summed E-state index contributed by atoms with van der Waals surface area (Å²) in [5.41, 5.74) is 4.34. The zero-order valence-electron chi connectivity index (χ0n) is 20.6. The highest BCUT2D eigenvalue weighted by Gasteiger charge is 2.12. The van der Waals surface area contributed by atoms with E-state index in [2.05, 4.69) is 5.32 Å². The maximum absolute atomic E-state index is 12.6. The molecule has 0 aliphatic carbocycles. The van der Waals surface area contributed by atoms with Gasteiger partial charge in [-0.2, -0.15) is 0 Å². The molecule has 0 aliphatic heterocycles. The number of hydrogen-bond acceptors (Lipinski definition) is 4. The van der Waals surface area contributed by atoms with Gasteiger partial charge in [0.05, 0.1) is 13.0 Å². The van der Waals surface area contributed by atoms with Crippen LogP contribution >= 0.6 is 11.6 Å². The lowest BCUT2D eigenvalue weighted by Gasteiger charge is -2.14. The fraction of sp³-hybridized carbons (Fsp3) is 0.161. The highest BCUT2D eigenvalue weighted by Crippen LogP contribution is 2.34. The van der Waals surface area contributed by atoms with Crippen LogP contribution in [0, 0.1) is 0 Å². The fourth-order valence-electron chi connectivity index (χ4n) is 3.87. The Bertz CT molecular complexity index is 1340. The van der Waals surface area contributed by atoms with E-state index in [-0.39, 0.29) is 18.3 Å². The van der Waals surface area contributed by atoms with Gasteiger partial charge in [-0.25, -0.2) is 0 Å². The van der Waals surface area contributed by atoms with Gasteiger partial charge in [-0.3, -0.25) is 9.59 Å². The van der Waals surface area contributed by atoms with Crippen LogP contribution in [0.2, 0.25) is 5.02 Å². The molecule has 0 fully saturated rings. The first-order valence-corrected chi connectivity index (χ1v) is 12.5. The number of esters is 1. The first-order valence-electron chi connectivity index (χ1n) is 12.2. The van der Waals surface area contributed by atoms with Crippen molar-refractivity contribution in [2.45, 2.75) is 19.8 Å². The molecule has 0 atom stereocenters. The SMILES string of the molecule is CCOC(=O)Cc1ccc(Oc2ccc(C(=O)NCCc3ccc(Cl)cc3)cc2)c(-c2ccccc2)c1. The monoisotopic (exact) mass is 513 g/mol. The van der Waals surface area contributed by atoms with Crippen LogP contribution in [0.5, 0.6) is 11.5 Å². The van der Waals surface area contributed by atoms with Crippen molar-refractivity contribution in [3.63, 3.8) is 0 Å². The van der Waals surface area contributed by atoms with E-state index in [9.17, 15) is 9.59 Å². The van der Waals surface area contributed by atoms with E-state index in [0.717, 1.165) is 28.7 Å². The Kier molecular flexibility index (Phi) is 8.95. The molecule has 37 heavy (non-hydrogen) atoms. The van der Waals surface area contributed by atoms with Gasteiger partial charge in [0, 0.05) is 22.7 Å². The van der Waals surface area contributed by atoms with Gasteiger partial charge in [0.15, 0.2) is 0 Å². The van der Waals surface area contributed by atoms with Gasteiger partial charge in [-0.15, -0.1) is 0 Å². The number of nitrogens with one attached hydrogen (secondary N) is 1. The topological polar surface area (TPSA) is 64.6 Å². The predicted octanol–water partition coefficient (Wildman–Crippen LogP) is 6.88. The molecule has 0 bridgehead atoms. The molecule has 4 rings (SSSR count). The minimum atomic E-state index is -0.266. The number of carbonyl (C=O) groups is 2. The first-order chi connectivity index (χ1) is 18.0. The number of ether oxygens (including phenoxy) is 2. The second kappa shape index (κ2) is 12.7. The molecule has 0 saturated carbocycles. The minimum Gasteiger partial charge on any atom is -0.466 e. The molecule has 0 radical (unpaired) electrons. The number of carbonyl (C=O) groups excluding carboxylic acids is 2. The number of benzene rings is 4. The number of amides is 1. The Balaban J connectivity index is 1.43. The van der Waals surface area contributed by atoms with Gasteiger partial charge in [-0.1, -0.05) is 60.1 Å². The fourth-order valence-corrected chi connectivity index (χ4v) is 4.00. The minimum absolute atomic E-state index is 0.145. The van der Waals surface area contributed by atoms with Crippen molar-refractivity contribution < 1.29 is 19.1 Å². The van der Waals surface area contributed by atoms with Gasteiger partial charge < -0.3 is 14.8 Å². The van der Waals surface area contributed by atoms with E-state index in [1.54, 1.807) is 31.2 Å². The van der Waals surface area contributed by atoms with E-state index in [4.69, 9.17) is 21.1 Å². The van der Waals surface area contributed by atoms with Gasteiger partial charge in [0.25, 0.3) is 5.91 Å². The zero-order valence-corrected chi connectivity index (χ0v) is 21.3. The van der Waals surface area contributed by atoms with Gasteiger partial charge >= 0.3 is 5.97 Å². The second-order valence-corrected chi connectivity index (χ2v) is 8.87. The summed E-state index contributed by atoms with van der Waals surface area (Å²) in [6, 6.07) is 30.1. The summed E-state index contributed by atoms with van der Waals surface area (Å²) in [5, 5.41) is 3.64. The van der Waals surface area contributed by atoms with Crippen LogP contribution < -0.4 is 10.1 Å². The third kappa shape index (κ3) is 7.45. The summed E-state index contributed by atoms with van der Waals surface area (Å²) in [6.07, 6.45) is 0.911. The van der Waals surface area contributed by atoms with Gasteiger partial charge in [-0.05, 0) is 78.6 Å². The van der Waals surface area contributed by atoms with Crippen LogP contribution in [0.4, 0.5) is 0 Å². The normalized spacial score (nSPS) is 10.5. The highest BCUT2D eigenvalue weighted by atomic mass is 35.5. The summed E-state index contributed by atoms with van der Waals surface area (Å²) >= 11 is 5.92. The molecule has 0 unspecified atom stereocenters. The molecule has 0 heterocycles. The van der Waals surface area contributed by atoms with Crippen LogP contribution in [-0.2, 0) is 22.4 Å². The number of hydrogen-bond donors (Lipinski definition) is 1. The molecule has 0 aromatic heterocycles. The average molecular weight is 514 g/mol. The standard InChI is InChI=1S/C31H28ClNO4/c1-2-36-30(34)21-23-10-17-29(28(20-23)24-6-4-3-5-7-24)37-27-15-11-25(12-16-27)31(35)33-19-18-22-8-13-26(32)14-9-22/h3-17,20H,2,18-19,21H2,1H3,(H,33,35). The van der Waals surface area contributed by atoms with Gasteiger partial charge in [0.1, 0.15) is 11.5 Å². The molecule has 4 aromatic carbocycles. The lowest BCUT2D eigenvalue weighted by molar-refractivity contribution is -0.142. The van der Waals surface area contributed by atoms with Crippen molar-refractivity contribution in [2.75, 3.05) is 13.2 Å². The Labute approximate surface area is 222 Å².